The number of unbranched alkanes of at least 4 members (excludes halogenated alkanes) is 1. The third kappa shape index (κ3) is 7.23. The first-order valence-electron chi connectivity index (χ1n) is 10.6. The van der Waals surface area contributed by atoms with Crippen molar-refractivity contribution in [1.29, 1.82) is 0 Å². The van der Waals surface area contributed by atoms with Crippen molar-refractivity contribution in [3.63, 3.8) is 0 Å². The van der Waals surface area contributed by atoms with Crippen LogP contribution in [0, 0.1) is 0 Å². The number of ether oxygens (including phenoxy) is 4. The summed E-state index contributed by atoms with van der Waals surface area (Å²) in [6, 6.07) is 6.68. The maximum atomic E-state index is 11.6. The molecular weight excluding hydrogens is 410 g/mol. The Morgan fingerprint density at radius 3 is 2.44 bits per heavy atom. The number of hydrogen-bond donors (Lipinski definition) is 0. The zero-order chi connectivity index (χ0) is 22.6. The Kier molecular flexibility index (Phi) is 8.80. The predicted molar refractivity (Wildman–Crippen MR) is 119 cm³/mol. The minimum Gasteiger partial charge on any atom is -0.465 e. The summed E-state index contributed by atoms with van der Waals surface area (Å²) in [6.07, 6.45) is 14.7. The largest absolute Gasteiger partial charge is 0.465 e. The summed E-state index contributed by atoms with van der Waals surface area (Å²) >= 11 is 0. The van der Waals surface area contributed by atoms with E-state index in [0.717, 1.165) is 32.1 Å². The van der Waals surface area contributed by atoms with Crippen LogP contribution < -0.4 is 14.2 Å². The molecule has 8 nitrogen and oxygen atoms in total. The van der Waals surface area contributed by atoms with Gasteiger partial charge in [0.2, 0.25) is 0 Å². The molecule has 2 aromatic rings. The molecule has 3 rings (SSSR count). The van der Waals surface area contributed by atoms with Gasteiger partial charge in [-0.05, 0) is 68.5 Å². The van der Waals surface area contributed by atoms with Crippen LogP contribution in [0.5, 0.6) is 23.8 Å². The Balaban J connectivity index is 1.73. The van der Waals surface area contributed by atoms with E-state index in [1.54, 1.807) is 24.3 Å². The van der Waals surface area contributed by atoms with E-state index in [1.165, 1.54) is 7.11 Å². The van der Waals surface area contributed by atoms with E-state index in [9.17, 15) is 4.79 Å². The van der Waals surface area contributed by atoms with E-state index in [4.69, 9.17) is 18.9 Å². The summed E-state index contributed by atoms with van der Waals surface area (Å²) in [6.45, 7) is 2.55. The molecule has 1 aliphatic carbocycles. The second-order valence-electron chi connectivity index (χ2n) is 6.86. The summed E-state index contributed by atoms with van der Waals surface area (Å²) in [4.78, 5) is 24.3. The molecular formula is C24H27N3O5. The van der Waals surface area contributed by atoms with Gasteiger partial charge in [-0.1, -0.05) is 25.2 Å². The summed E-state index contributed by atoms with van der Waals surface area (Å²) in [7, 11) is 1.33. The Hall–Kier alpha value is -3.68. The summed E-state index contributed by atoms with van der Waals surface area (Å²) in [5, 5.41) is 0. The standard InChI is InChI=1S/C24H27N3O5/c1-3-4-5-6-10-17-30-22-25-23(31-19-11-8-7-9-12-19)27-24(26-22)32-20-15-13-18(14-16-20)21(28)29-2/h4-5,8,11-16H,3,6-7,9-10,17H2,1-2H3/b5-4-. The lowest BCUT2D eigenvalue weighted by atomic mass is 10.2. The number of allylic oxidation sites excluding steroid dienone is 5. The van der Waals surface area contributed by atoms with Crippen LogP contribution in [0.2, 0.25) is 0 Å². The van der Waals surface area contributed by atoms with E-state index < -0.39 is 5.97 Å². The smallest absolute Gasteiger partial charge is 0.337 e. The van der Waals surface area contributed by atoms with Gasteiger partial charge in [0.25, 0.3) is 0 Å². The number of carbonyl (C=O) groups excluding carboxylic acids is 1. The molecule has 0 amide bonds. The number of methoxy groups -OCH3 is 1. The van der Waals surface area contributed by atoms with Crippen molar-refractivity contribution in [3.05, 3.63) is 66.0 Å². The lowest BCUT2D eigenvalue weighted by molar-refractivity contribution is 0.0600. The average molecular weight is 437 g/mol. The minimum absolute atomic E-state index is 0.0297. The molecule has 0 saturated carbocycles. The molecule has 0 fully saturated rings. The van der Waals surface area contributed by atoms with Crippen LogP contribution in [0.3, 0.4) is 0 Å². The SMILES string of the molecule is CC/C=C\CCCOc1nc(OC2=CCCC=C2)nc(Oc2ccc(C(=O)OC)cc2)n1. The first kappa shape index (κ1) is 23.0. The highest BCUT2D eigenvalue weighted by atomic mass is 16.5. The van der Waals surface area contributed by atoms with Crippen molar-refractivity contribution in [2.75, 3.05) is 13.7 Å². The average Bonchev–Trinajstić information content (AvgIpc) is 2.82. The highest BCUT2D eigenvalue weighted by Crippen LogP contribution is 2.24. The molecule has 0 atom stereocenters. The molecule has 0 unspecified atom stereocenters. The molecule has 0 aliphatic heterocycles. The van der Waals surface area contributed by atoms with E-state index in [2.05, 4.69) is 34.0 Å². The number of nitrogens with zero attached hydrogens (tertiary/aromatic N) is 3. The maximum absolute atomic E-state index is 11.6. The fourth-order valence-electron chi connectivity index (χ4n) is 2.78. The van der Waals surface area contributed by atoms with Gasteiger partial charge in [-0.3, -0.25) is 0 Å². The summed E-state index contributed by atoms with van der Waals surface area (Å²) in [5.74, 6) is 0.680. The monoisotopic (exact) mass is 437 g/mol. The van der Waals surface area contributed by atoms with Crippen LogP contribution in [0.15, 0.2) is 60.4 Å². The van der Waals surface area contributed by atoms with E-state index >= 15 is 0 Å². The molecule has 1 aliphatic rings. The van der Waals surface area contributed by atoms with Gasteiger partial charge in [0.1, 0.15) is 11.5 Å². The quantitative estimate of drug-likeness (QED) is 0.269. The molecule has 0 spiro atoms. The third-order valence-electron chi connectivity index (χ3n) is 4.38. The highest BCUT2D eigenvalue weighted by molar-refractivity contribution is 5.89. The molecule has 168 valence electrons. The molecule has 1 heterocycles. The number of aromatic nitrogens is 3. The van der Waals surface area contributed by atoms with Crippen LogP contribution in [0.1, 0.15) is 49.4 Å². The lowest BCUT2D eigenvalue weighted by Gasteiger charge is -2.11. The second kappa shape index (κ2) is 12.2. The van der Waals surface area contributed by atoms with Crippen molar-refractivity contribution in [2.24, 2.45) is 0 Å². The third-order valence-corrected chi connectivity index (χ3v) is 4.38. The molecule has 1 aromatic carbocycles. The van der Waals surface area contributed by atoms with Gasteiger partial charge < -0.3 is 18.9 Å². The molecule has 8 heteroatoms. The number of hydrogen-bond acceptors (Lipinski definition) is 8. The van der Waals surface area contributed by atoms with Crippen molar-refractivity contribution < 1.29 is 23.7 Å². The van der Waals surface area contributed by atoms with Crippen LogP contribution >= 0.6 is 0 Å². The van der Waals surface area contributed by atoms with Crippen LogP contribution in [-0.4, -0.2) is 34.6 Å². The first-order valence-corrected chi connectivity index (χ1v) is 10.6. The topological polar surface area (TPSA) is 92.7 Å². The van der Waals surface area contributed by atoms with Crippen molar-refractivity contribution in [1.82, 2.24) is 15.0 Å². The van der Waals surface area contributed by atoms with Crippen LogP contribution in [0.25, 0.3) is 0 Å². The fourth-order valence-corrected chi connectivity index (χ4v) is 2.78. The van der Waals surface area contributed by atoms with Gasteiger partial charge in [0.05, 0.1) is 19.3 Å². The second-order valence-corrected chi connectivity index (χ2v) is 6.86. The number of rotatable bonds is 11. The van der Waals surface area contributed by atoms with Crippen molar-refractivity contribution in [2.45, 2.75) is 39.0 Å². The zero-order valence-electron chi connectivity index (χ0n) is 18.3. The maximum Gasteiger partial charge on any atom is 0.337 e. The van der Waals surface area contributed by atoms with Crippen molar-refractivity contribution in [3.8, 4) is 23.8 Å². The fraction of sp³-hybridized carbons (Fsp3) is 0.333. The Labute approximate surface area is 187 Å². The minimum atomic E-state index is -0.425. The highest BCUT2D eigenvalue weighted by Gasteiger charge is 2.13. The van der Waals surface area contributed by atoms with Crippen LogP contribution in [0.4, 0.5) is 0 Å². The summed E-state index contributed by atoms with van der Waals surface area (Å²) < 4.78 is 21.9. The van der Waals surface area contributed by atoms with E-state index in [0.29, 0.717) is 23.7 Å². The van der Waals surface area contributed by atoms with Gasteiger partial charge in [-0.2, -0.15) is 0 Å². The Bertz CT molecular complexity index is 984. The number of esters is 1. The zero-order valence-corrected chi connectivity index (χ0v) is 18.3. The van der Waals surface area contributed by atoms with Crippen LogP contribution in [-0.2, 0) is 4.74 Å². The molecule has 0 saturated heterocycles. The molecule has 0 N–H and O–H groups in total. The van der Waals surface area contributed by atoms with Gasteiger partial charge in [0, 0.05) is 0 Å². The van der Waals surface area contributed by atoms with Gasteiger partial charge >= 0.3 is 24.0 Å². The van der Waals surface area contributed by atoms with Crippen molar-refractivity contribution >= 4 is 5.97 Å². The molecule has 1 aromatic heterocycles. The molecule has 0 bridgehead atoms. The predicted octanol–water partition coefficient (Wildman–Crippen LogP) is 5.19. The number of carbonyl (C=O) groups is 1. The lowest BCUT2D eigenvalue weighted by Crippen LogP contribution is -2.07. The molecule has 0 radical (unpaired) electrons. The van der Waals surface area contributed by atoms with Gasteiger partial charge in [-0.15, -0.1) is 15.0 Å². The Morgan fingerprint density at radius 1 is 1.00 bits per heavy atom. The van der Waals surface area contributed by atoms with Gasteiger partial charge in [-0.25, -0.2) is 4.79 Å². The van der Waals surface area contributed by atoms with Gasteiger partial charge in [0.15, 0.2) is 0 Å². The molecule has 32 heavy (non-hydrogen) atoms. The van der Waals surface area contributed by atoms with E-state index in [-0.39, 0.29) is 18.0 Å². The van der Waals surface area contributed by atoms with E-state index in [1.807, 2.05) is 18.2 Å². The summed E-state index contributed by atoms with van der Waals surface area (Å²) in [5.41, 5.74) is 0.414. The normalized spacial score (nSPS) is 13.0. The number of benzene rings is 1. The Morgan fingerprint density at radius 2 is 1.75 bits per heavy atom. The first-order chi connectivity index (χ1) is 15.7.